The van der Waals surface area contributed by atoms with Gasteiger partial charge in [-0.3, -0.25) is 0 Å². The molecule has 60 valence electrons. The van der Waals surface area contributed by atoms with Crippen molar-refractivity contribution in [2.24, 2.45) is 0 Å². The van der Waals surface area contributed by atoms with E-state index in [9.17, 15) is 0 Å². The highest BCUT2D eigenvalue weighted by Gasteiger charge is 2.02. The molecule has 0 saturated heterocycles. The van der Waals surface area contributed by atoms with Gasteiger partial charge < -0.3 is 5.73 Å². The molecule has 0 aliphatic carbocycles. The molecule has 0 amide bonds. The standard InChI is InChI=1S/C8H13N3/c1-3-6(2)7-4-8(9)11-10-5-7/h4-6H,3H2,1-2H3,(H2,9,11). The lowest BCUT2D eigenvalue weighted by molar-refractivity contribution is 0.725. The molecule has 0 aliphatic rings. The summed E-state index contributed by atoms with van der Waals surface area (Å²) in [5, 5.41) is 7.46. The molecule has 0 bridgehead atoms. The van der Waals surface area contributed by atoms with Crippen molar-refractivity contribution in [3.8, 4) is 0 Å². The summed E-state index contributed by atoms with van der Waals surface area (Å²) in [6, 6.07) is 1.88. The highest BCUT2D eigenvalue weighted by molar-refractivity contribution is 5.30. The third-order valence-corrected chi connectivity index (χ3v) is 1.88. The van der Waals surface area contributed by atoms with Gasteiger partial charge in [0.2, 0.25) is 0 Å². The average Bonchev–Trinajstić information content (AvgIpc) is 2.03. The van der Waals surface area contributed by atoms with E-state index in [-0.39, 0.29) is 0 Å². The molecule has 1 atom stereocenters. The maximum absolute atomic E-state index is 5.48. The Hall–Kier alpha value is -1.12. The normalized spacial score (nSPS) is 12.9. The Balaban J connectivity index is 2.86. The minimum absolute atomic E-state index is 0.503. The molecule has 0 spiro atoms. The molecule has 0 aromatic carbocycles. The molecule has 1 aromatic rings. The van der Waals surface area contributed by atoms with Crippen LogP contribution in [0.4, 0.5) is 5.82 Å². The molecule has 3 nitrogen and oxygen atoms in total. The Morgan fingerprint density at radius 3 is 2.91 bits per heavy atom. The number of hydrogen-bond donors (Lipinski definition) is 1. The number of nitrogen functional groups attached to an aromatic ring is 1. The summed E-state index contributed by atoms with van der Waals surface area (Å²) in [4.78, 5) is 0. The molecule has 0 saturated carbocycles. The topological polar surface area (TPSA) is 51.8 Å². The quantitative estimate of drug-likeness (QED) is 0.698. The molecule has 2 N–H and O–H groups in total. The van der Waals surface area contributed by atoms with Gasteiger partial charge in [0.15, 0.2) is 0 Å². The number of aromatic nitrogens is 2. The van der Waals surface area contributed by atoms with Crippen molar-refractivity contribution in [3.63, 3.8) is 0 Å². The van der Waals surface area contributed by atoms with E-state index in [1.165, 1.54) is 5.56 Å². The van der Waals surface area contributed by atoms with Crippen LogP contribution in [-0.2, 0) is 0 Å². The SMILES string of the molecule is CCC(C)c1cnnc(N)c1. The van der Waals surface area contributed by atoms with Gasteiger partial charge in [-0.05, 0) is 24.0 Å². The van der Waals surface area contributed by atoms with Crippen LogP contribution in [0.1, 0.15) is 31.7 Å². The van der Waals surface area contributed by atoms with E-state index in [2.05, 4.69) is 24.0 Å². The van der Waals surface area contributed by atoms with Gasteiger partial charge in [-0.15, -0.1) is 5.10 Å². The minimum Gasteiger partial charge on any atom is -0.382 e. The smallest absolute Gasteiger partial charge is 0.146 e. The van der Waals surface area contributed by atoms with Gasteiger partial charge in [0, 0.05) is 0 Å². The molecule has 3 heteroatoms. The number of hydrogen-bond acceptors (Lipinski definition) is 3. The van der Waals surface area contributed by atoms with E-state index in [0.717, 1.165) is 6.42 Å². The van der Waals surface area contributed by atoms with E-state index < -0.39 is 0 Å². The molecule has 0 fully saturated rings. The Bertz CT molecular complexity index is 235. The predicted molar refractivity (Wildman–Crippen MR) is 45.2 cm³/mol. The summed E-state index contributed by atoms with van der Waals surface area (Å²) in [5.74, 6) is 1.02. The number of nitrogens with zero attached hydrogens (tertiary/aromatic N) is 2. The molecule has 0 radical (unpaired) electrons. The van der Waals surface area contributed by atoms with Gasteiger partial charge in [0.05, 0.1) is 6.20 Å². The van der Waals surface area contributed by atoms with E-state index in [1.54, 1.807) is 6.20 Å². The van der Waals surface area contributed by atoms with Crippen molar-refractivity contribution in [3.05, 3.63) is 17.8 Å². The fourth-order valence-electron chi connectivity index (χ4n) is 0.904. The Labute approximate surface area is 66.6 Å². The molecule has 1 unspecified atom stereocenters. The first-order valence-electron chi connectivity index (χ1n) is 3.82. The lowest BCUT2D eigenvalue weighted by Crippen LogP contribution is -1.98. The van der Waals surface area contributed by atoms with Crippen LogP contribution in [0.3, 0.4) is 0 Å². The maximum atomic E-state index is 5.48. The second-order valence-corrected chi connectivity index (χ2v) is 2.72. The van der Waals surface area contributed by atoms with Gasteiger partial charge >= 0.3 is 0 Å². The average molecular weight is 151 g/mol. The number of rotatable bonds is 2. The maximum Gasteiger partial charge on any atom is 0.146 e. The second kappa shape index (κ2) is 3.32. The fraction of sp³-hybridized carbons (Fsp3) is 0.500. The van der Waals surface area contributed by atoms with E-state index >= 15 is 0 Å². The molecule has 1 rings (SSSR count). The van der Waals surface area contributed by atoms with Crippen LogP contribution in [-0.4, -0.2) is 10.2 Å². The van der Waals surface area contributed by atoms with Gasteiger partial charge in [0.25, 0.3) is 0 Å². The first-order valence-corrected chi connectivity index (χ1v) is 3.82. The summed E-state index contributed by atoms with van der Waals surface area (Å²) in [7, 11) is 0. The summed E-state index contributed by atoms with van der Waals surface area (Å²) in [5.41, 5.74) is 6.64. The van der Waals surface area contributed by atoms with Crippen molar-refractivity contribution < 1.29 is 0 Å². The summed E-state index contributed by atoms with van der Waals surface area (Å²) in [6.45, 7) is 4.29. The molecule has 0 aliphatic heterocycles. The van der Waals surface area contributed by atoms with Crippen molar-refractivity contribution in [1.82, 2.24) is 10.2 Å². The van der Waals surface area contributed by atoms with Gasteiger partial charge in [-0.2, -0.15) is 5.10 Å². The molecule has 11 heavy (non-hydrogen) atoms. The van der Waals surface area contributed by atoms with Crippen molar-refractivity contribution in [2.75, 3.05) is 5.73 Å². The van der Waals surface area contributed by atoms with Crippen molar-refractivity contribution in [1.29, 1.82) is 0 Å². The van der Waals surface area contributed by atoms with Crippen LogP contribution >= 0.6 is 0 Å². The van der Waals surface area contributed by atoms with Crippen LogP contribution in [0.5, 0.6) is 0 Å². The first kappa shape index (κ1) is 7.98. The third kappa shape index (κ3) is 1.90. The molecular weight excluding hydrogens is 138 g/mol. The monoisotopic (exact) mass is 151 g/mol. The van der Waals surface area contributed by atoms with E-state index in [1.807, 2.05) is 6.07 Å². The lowest BCUT2D eigenvalue weighted by atomic mass is 10.0. The zero-order valence-electron chi connectivity index (χ0n) is 6.91. The van der Waals surface area contributed by atoms with Crippen LogP contribution in [0, 0.1) is 0 Å². The van der Waals surface area contributed by atoms with Gasteiger partial charge in [-0.25, -0.2) is 0 Å². The van der Waals surface area contributed by atoms with Gasteiger partial charge in [-0.1, -0.05) is 13.8 Å². The predicted octanol–water partition coefficient (Wildman–Crippen LogP) is 1.57. The summed E-state index contributed by atoms with van der Waals surface area (Å²) < 4.78 is 0. The highest BCUT2D eigenvalue weighted by Crippen LogP contribution is 2.17. The largest absolute Gasteiger partial charge is 0.382 e. The number of nitrogens with two attached hydrogens (primary N) is 1. The van der Waals surface area contributed by atoms with Crippen LogP contribution in [0.15, 0.2) is 12.3 Å². The zero-order chi connectivity index (χ0) is 8.27. The highest BCUT2D eigenvalue weighted by atomic mass is 15.1. The minimum atomic E-state index is 0.503. The third-order valence-electron chi connectivity index (χ3n) is 1.88. The summed E-state index contributed by atoms with van der Waals surface area (Å²) in [6.07, 6.45) is 2.87. The second-order valence-electron chi connectivity index (χ2n) is 2.72. The van der Waals surface area contributed by atoms with E-state index in [4.69, 9.17) is 5.73 Å². The lowest BCUT2D eigenvalue weighted by Gasteiger charge is -2.06. The molecular formula is C8H13N3. The Morgan fingerprint density at radius 1 is 1.64 bits per heavy atom. The van der Waals surface area contributed by atoms with E-state index in [0.29, 0.717) is 11.7 Å². The Kier molecular flexibility index (Phi) is 2.41. The summed E-state index contributed by atoms with van der Waals surface area (Å²) >= 11 is 0. The van der Waals surface area contributed by atoms with Crippen LogP contribution in [0.2, 0.25) is 0 Å². The van der Waals surface area contributed by atoms with Gasteiger partial charge in [0.1, 0.15) is 5.82 Å². The first-order chi connectivity index (χ1) is 5.24. The van der Waals surface area contributed by atoms with Crippen molar-refractivity contribution in [2.45, 2.75) is 26.2 Å². The molecule has 1 aromatic heterocycles. The number of anilines is 1. The van der Waals surface area contributed by atoms with Crippen LogP contribution in [0.25, 0.3) is 0 Å². The fourth-order valence-corrected chi connectivity index (χ4v) is 0.904. The van der Waals surface area contributed by atoms with Crippen molar-refractivity contribution >= 4 is 5.82 Å². The van der Waals surface area contributed by atoms with Crippen LogP contribution < -0.4 is 5.73 Å². The Morgan fingerprint density at radius 2 is 2.36 bits per heavy atom. The molecule has 1 heterocycles. The zero-order valence-corrected chi connectivity index (χ0v) is 6.91.